The molecule has 0 fully saturated rings. The molecule has 0 radical (unpaired) electrons. The molecule has 90 valence electrons. The predicted octanol–water partition coefficient (Wildman–Crippen LogP) is 1.82. The lowest BCUT2D eigenvalue weighted by Gasteiger charge is -2.18. The van der Waals surface area contributed by atoms with Crippen LogP contribution in [0.1, 0.15) is 27.9 Å². The van der Waals surface area contributed by atoms with Crippen LogP contribution in [0.3, 0.4) is 0 Å². The third kappa shape index (κ3) is 1.72. The van der Waals surface area contributed by atoms with Crippen molar-refractivity contribution in [2.45, 2.75) is 12.8 Å². The van der Waals surface area contributed by atoms with Crippen LogP contribution in [-0.4, -0.2) is 15.5 Å². The van der Waals surface area contributed by atoms with E-state index in [1.807, 2.05) is 22.9 Å². The van der Waals surface area contributed by atoms with E-state index >= 15 is 0 Å². The van der Waals surface area contributed by atoms with Crippen molar-refractivity contribution in [3.8, 4) is 0 Å². The highest BCUT2D eigenvalue weighted by Gasteiger charge is 2.15. The van der Waals surface area contributed by atoms with E-state index in [2.05, 4.69) is 11.1 Å². The molecule has 0 unspecified atom stereocenters. The van der Waals surface area contributed by atoms with Crippen molar-refractivity contribution < 1.29 is 4.79 Å². The number of aromatic nitrogens is 2. The standard InChI is InChI=1S/C14H13N3O/c15-14(18)11-4-5-12-10(8-11)2-1-3-13(12)17-7-6-16-9-17/h3-9H,1-2H2,(H2,15,18). The maximum Gasteiger partial charge on any atom is 0.248 e. The van der Waals surface area contributed by atoms with Crippen molar-refractivity contribution in [3.63, 3.8) is 0 Å². The minimum Gasteiger partial charge on any atom is -0.366 e. The van der Waals surface area contributed by atoms with E-state index in [9.17, 15) is 4.79 Å². The highest BCUT2D eigenvalue weighted by Crippen LogP contribution is 2.28. The van der Waals surface area contributed by atoms with Crippen molar-refractivity contribution in [1.82, 2.24) is 9.55 Å². The van der Waals surface area contributed by atoms with Gasteiger partial charge in [0.15, 0.2) is 0 Å². The highest BCUT2D eigenvalue weighted by atomic mass is 16.1. The van der Waals surface area contributed by atoms with E-state index in [0.717, 1.165) is 29.7 Å². The Balaban J connectivity index is 2.09. The fourth-order valence-corrected chi connectivity index (χ4v) is 2.32. The maximum atomic E-state index is 11.2. The van der Waals surface area contributed by atoms with Gasteiger partial charge in [-0.1, -0.05) is 12.1 Å². The summed E-state index contributed by atoms with van der Waals surface area (Å²) in [5, 5.41) is 0. The molecule has 0 saturated carbocycles. The molecular weight excluding hydrogens is 226 g/mol. The van der Waals surface area contributed by atoms with Gasteiger partial charge in [0.25, 0.3) is 0 Å². The van der Waals surface area contributed by atoms with E-state index in [1.54, 1.807) is 18.6 Å². The third-order valence-electron chi connectivity index (χ3n) is 3.20. The van der Waals surface area contributed by atoms with Crippen LogP contribution < -0.4 is 5.73 Å². The van der Waals surface area contributed by atoms with Gasteiger partial charge in [0, 0.05) is 29.2 Å². The second kappa shape index (κ2) is 4.14. The Morgan fingerprint density at radius 1 is 1.39 bits per heavy atom. The van der Waals surface area contributed by atoms with Crippen LogP contribution in [0.25, 0.3) is 5.70 Å². The number of fused-ring (bicyclic) bond motifs is 1. The molecule has 1 heterocycles. The smallest absolute Gasteiger partial charge is 0.248 e. The van der Waals surface area contributed by atoms with Gasteiger partial charge < -0.3 is 10.3 Å². The lowest BCUT2D eigenvalue weighted by Crippen LogP contribution is -2.13. The molecule has 0 bridgehead atoms. The summed E-state index contributed by atoms with van der Waals surface area (Å²) in [6.07, 6.45) is 9.55. The molecule has 1 aliphatic rings. The molecule has 0 saturated heterocycles. The van der Waals surface area contributed by atoms with E-state index in [0.29, 0.717) is 5.56 Å². The SMILES string of the molecule is NC(=O)c1ccc2c(c1)CCC=C2n1ccnc1. The lowest BCUT2D eigenvalue weighted by molar-refractivity contribution is 0.1000. The zero-order chi connectivity index (χ0) is 12.5. The Labute approximate surface area is 105 Å². The van der Waals surface area contributed by atoms with Crippen molar-refractivity contribution in [3.05, 3.63) is 59.7 Å². The monoisotopic (exact) mass is 239 g/mol. The first-order chi connectivity index (χ1) is 8.75. The lowest BCUT2D eigenvalue weighted by atomic mass is 9.92. The average molecular weight is 239 g/mol. The van der Waals surface area contributed by atoms with Gasteiger partial charge in [0.05, 0.1) is 6.33 Å². The Hall–Kier alpha value is -2.36. The number of nitrogens with two attached hydrogens (primary N) is 1. The molecule has 1 aliphatic carbocycles. The summed E-state index contributed by atoms with van der Waals surface area (Å²) in [6.45, 7) is 0. The molecule has 1 aromatic heterocycles. The number of allylic oxidation sites excluding steroid dienone is 1. The topological polar surface area (TPSA) is 60.9 Å². The number of hydrogen-bond donors (Lipinski definition) is 1. The van der Waals surface area contributed by atoms with E-state index < -0.39 is 0 Å². The Kier molecular flexibility index (Phi) is 2.48. The Bertz CT molecular complexity index is 626. The van der Waals surface area contributed by atoms with E-state index in [-0.39, 0.29) is 5.91 Å². The number of nitrogens with zero attached hydrogens (tertiary/aromatic N) is 2. The number of carbonyl (C=O) groups is 1. The minimum atomic E-state index is -0.378. The quantitative estimate of drug-likeness (QED) is 0.868. The first kappa shape index (κ1) is 10.8. The third-order valence-corrected chi connectivity index (χ3v) is 3.20. The van der Waals surface area contributed by atoms with Crippen LogP contribution >= 0.6 is 0 Å². The number of benzene rings is 1. The maximum absolute atomic E-state index is 11.2. The van der Waals surface area contributed by atoms with E-state index in [4.69, 9.17) is 5.73 Å². The molecule has 0 spiro atoms. The number of imidazole rings is 1. The van der Waals surface area contributed by atoms with Crippen molar-refractivity contribution in [2.24, 2.45) is 5.73 Å². The molecule has 4 nitrogen and oxygen atoms in total. The van der Waals surface area contributed by atoms with Gasteiger partial charge in [-0.15, -0.1) is 0 Å². The predicted molar refractivity (Wildman–Crippen MR) is 68.9 cm³/mol. The van der Waals surface area contributed by atoms with Gasteiger partial charge in [-0.3, -0.25) is 4.79 Å². The van der Waals surface area contributed by atoms with Crippen LogP contribution in [0.15, 0.2) is 43.0 Å². The van der Waals surface area contributed by atoms with Gasteiger partial charge in [0.2, 0.25) is 5.91 Å². The fraction of sp³-hybridized carbons (Fsp3) is 0.143. The van der Waals surface area contributed by atoms with Crippen LogP contribution in [0.5, 0.6) is 0 Å². The fourth-order valence-electron chi connectivity index (χ4n) is 2.32. The number of carbonyl (C=O) groups excluding carboxylic acids is 1. The number of hydrogen-bond acceptors (Lipinski definition) is 2. The Morgan fingerprint density at radius 2 is 2.28 bits per heavy atom. The number of aryl methyl sites for hydroxylation is 1. The zero-order valence-electron chi connectivity index (χ0n) is 9.84. The molecule has 0 atom stereocenters. The number of amides is 1. The van der Waals surface area contributed by atoms with Crippen LogP contribution in [0.2, 0.25) is 0 Å². The molecule has 2 N–H and O–H groups in total. The molecule has 3 rings (SSSR count). The van der Waals surface area contributed by atoms with Gasteiger partial charge >= 0.3 is 0 Å². The molecule has 18 heavy (non-hydrogen) atoms. The number of rotatable bonds is 2. The van der Waals surface area contributed by atoms with Crippen molar-refractivity contribution >= 4 is 11.6 Å². The zero-order valence-corrected chi connectivity index (χ0v) is 9.84. The second-order valence-electron chi connectivity index (χ2n) is 4.33. The van der Waals surface area contributed by atoms with Gasteiger partial charge in [-0.05, 0) is 30.5 Å². The average Bonchev–Trinajstić information content (AvgIpc) is 2.91. The first-order valence-electron chi connectivity index (χ1n) is 5.87. The van der Waals surface area contributed by atoms with Crippen LogP contribution in [0.4, 0.5) is 0 Å². The second-order valence-corrected chi connectivity index (χ2v) is 4.33. The van der Waals surface area contributed by atoms with Crippen LogP contribution in [-0.2, 0) is 6.42 Å². The van der Waals surface area contributed by atoms with Crippen molar-refractivity contribution in [1.29, 1.82) is 0 Å². The highest BCUT2D eigenvalue weighted by molar-refractivity contribution is 5.93. The molecule has 4 heteroatoms. The summed E-state index contributed by atoms with van der Waals surface area (Å²) in [6, 6.07) is 5.62. The van der Waals surface area contributed by atoms with Crippen LogP contribution in [0, 0.1) is 0 Å². The molecule has 2 aromatic rings. The molecular formula is C14H13N3O. The van der Waals surface area contributed by atoms with Gasteiger partial charge in [0.1, 0.15) is 0 Å². The molecule has 1 amide bonds. The summed E-state index contributed by atoms with van der Waals surface area (Å²) in [4.78, 5) is 15.3. The van der Waals surface area contributed by atoms with E-state index in [1.165, 1.54) is 0 Å². The number of primary amides is 1. The minimum absolute atomic E-state index is 0.378. The molecule has 1 aromatic carbocycles. The van der Waals surface area contributed by atoms with Crippen molar-refractivity contribution in [2.75, 3.05) is 0 Å². The van der Waals surface area contributed by atoms with Gasteiger partial charge in [-0.2, -0.15) is 0 Å². The normalized spacial score (nSPS) is 13.9. The molecule has 0 aliphatic heterocycles. The Morgan fingerprint density at radius 3 is 3.00 bits per heavy atom. The summed E-state index contributed by atoms with van der Waals surface area (Å²) >= 11 is 0. The summed E-state index contributed by atoms with van der Waals surface area (Å²) < 4.78 is 1.99. The first-order valence-corrected chi connectivity index (χ1v) is 5.87. The van der Waals surface area contributed by atoms with Gasteiger partial charge in [-0.25, -0.2) is 4.98 Å². The summed E-state index contributed by atoms with van der Waals surface area (Å²) in [5.74, 6) is -0.378. The summed E-state index contributed by atoms with van der Waals surface area (Å²) in [7, 11) is 0. The largest absolute Gasteiger partial charge is 0.366 e. The summed E-state index contributed by atoms with van der Waals surface area (Å²) in [5.41, 5.74) is 9.30.